The summed E-state index contributed by atoms with van der Waals surface area (Å²) in [6, 6.07) is 9.29. The van der Waals surface area contributed by atoms with Gasteiger partial charge in [-0.3, -0.25) is 9.78 Å². The minimum atomic E-state index is 0. The molecule has 166 valence electrons. The predicted molar refractivity (Wildman–Crippen MR) is 123 cm³/mol. The number of benzene rings is 1. The van der Waals surface area contributed by atoms with Gasteiger partial charge in [0, 0.05) is 36.6 Å². The zero-order chi connectivity index (χ0) is 19.8. The number of halogens is 2. The zero-order valence-electron chi connectivity index (χ0n) is 17.5. The summed E-state index contributed by atoms with van der Waals surface area (Å²) < 4.78 is 11.6. The van der Waals surface area contributed by atoms with Gasteiger partial charge in [-0.1, -0.05) is 6.07 Å². The second-order valence-corrected chi connectivity index (χ2v) is 7.06. The largest absolute Gasteiger partial charge is 0.490 e. The van der Waals surface area contributed by atoms with Gasteiger partial charge in [0.15, 0.2) is 11.5 Å². The molecule has 3 rings (SSSR count). The van der Waals surface area contributed by atoms with Crippen LogP contribution in [0.1, 0.15) is 35.7 Å². The van der Waals surface area contributed by atoms with E-state index in [-0.39, 0.29) is 30.7 Å². The third kappa shape index (κ3) is 7.04. The van der Waals surface area contributed by atoms with Crippen molar-refractivity contribution in [3.8, 4) is 11.5 Å². The molecule has 6 nitrogen and oxygen atoms in total. The Kier molecular flexibility index (Phi) is 11.5. The van der Waals surface area contributed by atoms with E-state index in [1.54, 1.807) is 18.5 Å². The molecule has 1 aromatic carbocycles. The van der Waals surface area contributed by atoms with E-state index in [9.17, 15) is 4.79 Å². The Balaban J connectivity index is 0.00000225. The lowest BCUT2D eigenvalue weighted by molar-refractivity contribution is 0.0673. The van der Waals surface area contributed by atoms with Crippen molar-refractivity contribution < 1.29 is 14.3 Å². The Morgan fingerprint density at radius 2 is 2.07 bits per heavy atom. The fourth-order valence-electron chi connectivity index (χ4n) is 3.56. The molecular formula is C22H31Cl2N3O3. The van der Waals surface area contributed by atoms with Crippen LogP contribution in [0.5, 0.6) is 11.5 Å². The van der Waals surface area contributed by atoms with Crippen LogP contribution in [0.2, 0.25) is 0 Å². The minimum absolute atomic E-state index is 0. The summed E-state index contributed by atoms with van der Waals surface area (Å²) in [5.41, 5.74) is 1.62. The molecule has 1 amide bonds. The van der Waals surface area contributed by atoms with Gasteiger partial charge >= 0.3 is 0 Å². The fourth-order valence-corrected chi connectivity index (χ4v) is 3.56. The number of aromatic nitrogens is 1. The molecule has 1 saturated heterocycles. The molecule has 1 fully saturated rings. The number of nitrogens with zero attached hydrogens (tertiary/aromatic N) is 2. The molecule has 0 spiro atoms. The third-order valence-electron chi connectivity index (χ3n) is 4.91. The molecular weight excluding hydrogens is 425 g/mol. The summed E-state index contributed by atoms with van der Waals surface area (Å²) in [6.07, 6.45) is 5.71. The highest BCUT2D eigenvalue weighted by Gasteiger charge is 2.24. The Labute approximate surface area is 191 Å². The molecule has 1 atom stereocenters. The molecule has 1 aliphatic heterocycles. The molecule has 1 aliphatic rings. The highest BCUT2D eigenvalue weighted by atomic mass is 35.5. The Bertz CT molecular complexity index is 775. The van der Waals surface area contributed by atoms with E-state index >= 15 is 0 Å². The van der Waals surface area contributed by atoms with Crippen molar-refractivity contribution in [1.29, 1.82) is 0 Å². The molecule has 1 unspecified atom stereocenters. The first kappa shape index (κ1) is 26.0. The Morgan fingerprint density at radius 3 is 2.77 bits per heavy atom. The van der Waals surface area contributed by atoms with E-state index < -0.39 is 0 Å². The molecule has 2 heterocycles. The first-order valence-corrected chi connectivity index (χ1v) is 9.93. The number of hydrogen-bond donors (Lipinski definition) is 1. The number of carbonyl (C=O) groups excluding carboxylic acids is 1. The number of nitrogens with one attached hydrogen (secondary N) is 1. The third-order valence-corrected chi connectivity index (χ3v) is 4.91. The van der Waals surface area contributed by atoms with E-state index in [0.717, 1.165) is 38.0 Å². The number of carbonyl (C=O) groups is 1. The maximum Gasteiger partial charge on any atom is 0.254 e. The van der Waals surface area contributed by atoms with Gasteiger partial charge in [0.25, 0.3) is 5.91 Å². The van der Waals surface area contributed by atoms with Crippen LogP contribution in [-0.4, -0.2) is 49.1 Å². The summed E-state index contributed by atoms with van der Waals surface area (Å²) in [5, 5.41) is 3.22. The van der Waals surface area contributed by atoms with Crippen LogP contribution < -0.4 is 14.8 Å². The normalized spacial score (nSPS) is 15.5. The van der Waals surface area contributed by atoms with Gasteiger partial charge < -0.3 is 19.7 Å². The summed E-state index contributed by atoms with van der Waals surface area (Å²) in [5.74, 6) is 1.80. The maximum absolute atomic E-state index is 13.0. The predicted octanol–water partition coefficient (Wildman–Crippen LogP) is 3.97. The van der Waals surface area contributed by atoms with Crippen LogP contribution in [-0.2, 0) is 6.61 Å². The lowest BCUT2D eigenvalue weighted by Crippen LogP contribution is -2.42. The van der Waals surface area contributed by atoms with Crippen molar-refractivity contribution in [3.63, 3.8) is 0 Å². The van der Waals surface area contributed by atoms with Crippen molar-refractivity contribution in [2.24, 2.45) is 5.92 Å². The van der Waals surface area contributed by atoms with Crippen LogP contribution in [0.3, 0.4) is 0 Å². The number of hydrogen-bond acceptors (Lipinski definition) is 5. The number of piperidine rings is 1. The van der Waals surface area contributed by atoms with Gasteiger partial charge in [-0.2, -0.15) is 0 Å². The van der Waals surface area contributed by atoms with Crippen molar-refractivity contribution in [2.75, 3.05) is 33.3 Å². The van der Waals surface area contributed by atoms with Crippen molar-refractivity contribution >= 4 is 30.7 Å². The lowest BCUT2D eigenvalue weighted by Gasteiger charge is -2.33. The van der Waals surface area contributed by atoms with Crippen LogP contribution in [0.15, 0.2) is 42.7 Å². The summed E-state index contributed by atoms with van der Waals surface area (Å²) in [7, 11) is 1.96. The lowest BCUT2D eigenvalue weighted by atomic mass is 9.97. The highest BCUT2D eigenvalue weighted by molar-refractivity contribution is 5.95. The maximum atomic E-state index is 13.0. The second-order valence-electron chi connectivity index (χ2n) is 7.06. The SMILES string of the molecule is CCOc1cc(C(=O)N2CCCC(CNC)C2)ccc1OCc1cccnc1.Cl.Cl. The molecule has 30 heavy (non-hydrogen) atoms. The zero-order valence-corrected chi connectivity index (χ0v) is 19.1. The standard InChI is InChI=1S/C22H29N3O3.2ClH/c1-3-27-21-12-19(22(26)25-11-5-7-17(15-25)13-23-2)8-9-20(21)28-16-18-6-4-10-24-14-18;;/h4,6,8-10,12,14,17,23H,3,5,7,11,13,15-16H2,1-2H3;2*1H. The number of rotatable bonds is 8. The Morgan fingerprint density at radius 1 is 1.23 bits per heavy atom. The number of ether oxygens (including phenoxy) is 2. The second kappa shape index (κ2) is 13.3. The summed E-state index contributed by atoms with van der Waals surface area (Å²) in [6.45, 7) is 5.38. The summed E-state index contributed by atoms with van der Waals surface area (Å²) in [4.78, 5) is 19.0. The molecule has 0 saturated carbocycles. The Hall–Kier alpha value is -2.02. The fraction of sp³-hybridized carbons (Fsp3) is 0.455. The quantitative estimate of drug-likeness (QED) is 0.651. The number of amides is 1. The first-order chi connectivity index (χ1) is 13.7. The molecule has 0 aliphatic carbocycles. The molecule has 0 bridgehead atoms. The molecule has 0 radical (unpaired) electrons. The van der Waals surface area contributed by atoms with Crippen LogP contribution >= 0.6 is 24.8 Å². The van der Waals surface area contributed by atoms with Gasteiger partial charge in [-0.15, -0.1) is 24.8 Å². The molecule has 1 N–H and O–H groups in total. The van der Waals surface area contributed by atoms with E-state index in [1.165, 1.54) is 0 Å². The minimum Gasteiger partial charge on any atom is -0.490 e. The van der Waals surface area contributed by atoms with Crippen molar-refractivity contribution in [1.82, 2.24) is 15.2 Å². The van der Waals surface area contributed by atoms with E-state index in [0.29, 0.717) is 36.2 Å². The van der Waals surface area contributed by atoms with Gasteiger partial charge in [0.1, 0.15) is 6.61 Å². The molecule has 1 aromatic heterocycles. The van der Waals surface area contributed by atoms with Crippen LogP contribution in [0, 0.1) is 5.92 Å². The summed E-state index contributed by atoms with van der Waals surface area (Å²) >= 11 is 0. The first-order valence-electron chi connectivity index (χ1n) is 9.93. The van der Waals surface area contributed by atoms with Gasteiger partial charge in [0.2, 0.25) is 0 Å². The van der Waals surface area contributed by atoms with Crippen molar-refractivity contribution in [3.05, 3.63) is 53.9 Å². The average Bonchev–Trinajstić information content (AvgIpc) is 2.74. The van der Waals surface area contributed by atoms with Crippen LogP contribution in [0.25, 0.3) is 0 Å². The van der Waals surface area contributed by atoms with Crippen molar-refractivity contribution in [2.45, 2.75) is 26.4 Å². The van der Waals surface area contributed by atoms with E-state index in [4.69, 9.17) is 9.47 Å². The topological polar surface area (TPSA) is 63.7 Å². The molecule has 8 heteroatoms. The van der Waals surface area contributed by atoms with Gasteiger partial charge in [0.05, 0.1) is 6.61 Å². The van der Waals surface area contributed by atoms with Gasteiger partial charge in [-0.05, 0) is 63.5 Å². The highest BCUT2D eigenvalue weighted by Crippen LogP contribution is 2.30. The van der Waals surface area contributed by atoms with E-state index in [2.05, 4.69) is 10.3 Å². The monoisotopic (exact) mass is 455 g/mol. The average molecular weight is 456 g/mol. The van der Waals surface area contributed by atoms with Crippen LogP contribution in [0.4, 0.5) is 0 Å². The molecule has 2 aromatic rings. The number of pyridine rings is 1. The smallest absolute Gasteiger partial charge is 0.254 e. The number of likely N-dealkylation sites (tertiary alicyclic amines) is 1. The van der Waals surface area contributed by atoms with Gasteiger partial charge in [-0.25, -0.2) is 0 Å². The van der Waals surface area contributed by atoms with E-state index in [1.807, 2.05) is 43.1 Å².